The van der Waals surface area contributed by atoms with Crippen LogP contribution >= 0.6 is 22.9 Å². The van der Waals surface area contributed by atoms with E-state index in [1.165, 1.54) is 11.3 Å². The number of nitrogens with one attached hydrogen (secondary N) is 1. The van der Waals surface area contributed by atoms with Gasteiger partial charge in [0.15, 0.2) is 6.10 Å². The zero-order valence-corrected chi connectivity index (χ0v) is 19.4. The molecule has 3 aromatic rings. The van der Waals surface area contributed by atoms with Crippen molar-refractivity contribution in [1.82, 2.24) is 0 Å². The number of carbonyl (C=O) groups is 2. The number of amides is 1. The Morgan fingerprint density at radius 1 is 1.13 bits per heavy atom. The highest BCUT2D eigenvalue weighted by atomic mass is 35.5. The van der Waals surface area contributed by atoms with Gasteiger partial charge in [0, 0.05) is 16.0 Å². The molecule has 5 nitrogen and oxygen atoms in total. The van der Waals surface area contributed by atoms with Crippen LogP contribution in [0.15, 0.2) is 47.8 Å². The molecule has 0 aliphatic carbocycles. The van der Waals surface area contributed by atoms with Crippen molar-refractivity contribution in [2.75, 3.05) is 11.9 Å². The zero-order valence-electron chi connectivity index (χ0n) is 17.8. The number of hydrogen-bond acceptors (Lipinski definition) is 5. The normalized spacial score (nSPS) is 11.6. The highest BCUT2D eigenvalue weighted by Crippen LogP contribution is 2.36. The molecule has 2 aromatic carbocycles. The van der Waals surface area contributed by atoms with Crippen LogP contribution in [-0.4, -0.2) is 24.6 Å². The van der Waals surface area contributed by atoms with Crippen molar-refractivity contribution in [3.8, 4) is 16.9 Å². The van der Waals surface area contributed by atoms with Crippen molar-refractivity contribution in [1.29, 1.82) is 0 Å². The van der Waals surface area contributed by atoms with Gasteiger partial charge in [0.1, 0.15) is 16.3 Å². The van der Waals surface area contributed by atoms with Gasteiger partial charge in [0.2, 0.25) is 0 Å². The van der Waals surface area contributed by atoms with E-state index in [9.17, 15) is 9.59 Å². The fourth-order valence-corrected chi connectivity index (χ4v) is 4.20. The Labute approximate surface area is 191 Å². The van der Waals surface area contributed by atoms with Gasteiger partial charge in [-0.15, -0.1) is 11.3 Å². The largest absolute Gasteiger partial charge is 0.481 e. The van der Waals surface area contributed by atoms with Crippen LogP contribution in [-0.2, 0) is 9.53 Å². The third-order valence-corrected chi connectivity index (χ3v) is 6.18. The predicted molar refractivity (Wildman–Crippen MR) is 125 cm³/mol. The molecule has 1 heterocycles. The second kappa shape index (κ2) is 9.98. The molecule has 31 heavy (non-hydrogen) atoms. The lowest BCUT2D eigenvalue weighted by molar-refractivity contribution is -0.122. The molecule has 0 aliphatic heterocycles. The van der Waals surface area contributed by atoms with E-state index in [2.05, 4.69) is 5.32 Å². The Kier molecular flexibility index (Phi) is 7.36. The third-order valence-electron chi connectivity index (χ3n) is 4.68. The van der Waals surface area contributed by atoms with Gasteiger partial charge in [-0.1, -0.05) is 41.9 Å². The maximum absolute atomic E-state index is 12.8. The number of rotatable bonds is 7. The van der Waals surface area contributed by atoms with Gasteiger partial charge in [-0.05, 0) is 56.5 Å². The molecule has 0 saturated carbocycles. The van der Waals surface area contributed by atoms with Gasteiger partial charge in [-0.2, -0.15) is 0 Å². The molecule has 0 radical (unpaired) electrons. The number of thiophene rings is 1. The van der Waals surface area contributed by atoms with Gasteiger partial charge in [0.25, 0.3) is 5.91 Å². The first-order valence-electron chi connectivity index (χ1n) is 9.90. The molecule has 0 spiro atoms. The molecule has 0 saturated heterocycles. The van der Waals surface area contributed by atoms with E-state index in [-0.39, 0.29) is 12.5 Å². The minimum Gasteiger partial charge on any atom is -0.481 e. The Morgan fingerprint density at radius 3 is 2.39 bits per heavy atom. The summed E-state index contributed by atoms with van der Waals surface area (Å²) in [6, 6.07) is 13.1. The SMILES string of the molecule is CCOC(=O)c1c(-c2ccccc2)csc1NC(=O)C(C)Oc1cc(C)c(Cl)c(C)c1. The lowest BCUT2D eigenvalue weighted by atomic mass is 10.0. The standard InChI is InChI=1S/C24H24ClNO4S/c1-5-29-24(28)20-19(17-9-7-6-8-10-17)13-31-23(20)26-22(27)16(4)30-18-11-14(2)21(25)15(3)12-18/h6-13,16H,5H2,1-4H3,(H,26,27). The van der Waals surface area contributed by atoms with Crippen LogP contribution in [0.4, 0.5) is 5.00 Å². The third kappa shape index (κ3) is 5.27. The summed E-state index contributed by atoms with van der Waals surface area (Å²) >= 11 is 7.48. The van der Waals surface area contributed by atoms with E-state index in [1.54, 1.807) is 26.0 Å². The van der Waals surface area contributed by atoms with Crippen LogP contribution < -0.4 is 10.1 Å². The molecule has 1 N–H and O–H groups in total. The first-order chi connectivity index (χ1) is 14.8. The van der Waals surface area contributed by atoms with Crippen molar-refractivity contribution in [3.05, 3.63) is 69.6 Å². The van der Waals surface area contributed by atoms with Gasteiger partial charge in [-0.3, -0.25) is 4.79 Å². The molecule has 162 valence electrons. The summed E-state index contributed by atoms with van der Waals surface area (Å²) in [5.41, 5.74) is 3.69. The first kappa shape index (κ1) is 22.8. The van der Waals surface area contributed by atoms with Crippen LogP contribution in [0.2, 0.25) is 5.02 Å². The van der Waals surface area contributed by atoms with Gasteiger partial charge in [0.05, 0.1) is 6.61 Å². The maximum Gasteiger partial charge on any atom is 0.341 e. The van der Waals surface area contributed by atoms with Gasteiger partial charge in [-0.25, -0.2) is 4.79 Å². The molecular formula is C24H24ClNO4S. The van der Waals surface area contributed by atoms with E-state index in [0.29, 0.717) is 21.3 Å². The summed E-state index contributed by atoms with van der Waals surface area (Å²) in [5, 5.41) is 5.78. The molecule has 0 fully saturated rings. The van der Waals surface area contributed by atoms with E-state index in [4.69, 9.17) is 21.1 Å². The molecular weight excluding hydrogens is 434 g/mol. The summed E-state index contributed by atoms with van der Waals surface area (Å²) in [6.07, 6.45) is -0.780. The number of halogens is 1. The summed E-state index contributed by atoms with van der Waals surface area (Å²) < 4.78 is 11.1. The van der Waals surface area contributed by atoms with E-state index < -0.39 is 12.1 Å². The van der Waals surface area contributed by atoms with Crippen molar-refractivity contribution < 1.29 is 19.1 Å². The second-order valence-corrected chi connectivity index (χ2v) is 8.32. The molecule has 0 aliphatic rings. The Balaban J connectivity index is 1.83. The maximum atomic E-state index is 12.8. The summed E-state index contributed by atoms with van der Waals surface area (Å²) in [7, 11) is 0. The number of aryl methyl sites for hydroxylation is 2. The summed E-state index contributed by atoms with van der Waals surface area (Å²) in [4.78, 5) is 25.5. The molecule has 0 bridgehead atoms. The van der Waals surface area contributed by atoms with Crippen molar-refractivity contribution in [3.63, 3.8) is 0 Å². The summed E-state index contributed by atoms with van der Waals surface area (Å²) in [5.74, 6) is -0.281. The quantitative estimate of drug-likeness (QED) is 0.425. The smallest absolute Gasteiger partial charge is 0.341 e. The Morgan fingerprint density at radius 2 is 1.77 bits per heavy atom. The average Bonchev–Trinajstić information content (AvgIpc) is 3.16. The fraction of sp³-hybridized carbons (Fsp3) is 0.250. The molecule has 1 atom stereocenters. The highest BCUT2D eigenvalue weighted by molar-refractivity contribution is 7.15. The average molecular weight is 458 g/mol. The number of carbonyl (C=O) groups excluding carboxylic acids is 2. The first-order valence-corrected chi connectivity index (χ1v) is 11.2. The Hall–Kier alpha value is -2.83. The van der Waals surface area contributed by atoms with Crippen molar-refractivity contribution in [2.24, 2.45) is 0 Å². The minimum absolute atomic E-state index is 0.241. The fourth-order valence-electron chi connectivity index (χ4n) is 3.13. The lowest BCUT2D eigenvalue weighted by Gasteiger charge is -2.16. The molecule has 1 unspecified atom stereocenters. The second-order valence-electron chi connectivity index (χ2n) is 7.06. The monoisotopic (exact) mass is 457 g/mol. The number of hydrogen-bond donors (Lipinski definition) is 1. The molecule has 3 rings (SSSR count). The topological polar surface area (TPSA) is 64.6 Å². The highest BCUT2D eigenvalue weighted by Gasteiger charge is 2.25. The zero-order chi connectivity index (χ0) is 22.5. The van der Waals surface area contributed by atoms with Gasteiger partial charge >= 0.3 is 5.97 Å². The molecule has 1 aromatic heterocycles. The number of esters is 1. The van der Waals surface area contributed by atoms with Crippen molar-refractivity contribution >= 4 is 39.8 Å². The number of benzene rings is 2. The predicted octanol–water partition coefficient (Wildman–Crippen LogP) is 6.27. The van der Waals surface area contributed by atoms with Crippen LogP contribution in [0.5, 0.6) is 5.75 Å². The van der Waals surface area contributed by atoms with Crippen LogP contribution in [0.1, 0.15) is 35.3 Å². The number of anilines is 1. The lowest BCUT2D eigenvalue weighted by Crippen LogP contribution is -2.30. The van der Waals surface area contributed by atoms with Crippen LogP contribution in [0, 0.1) is 13.8 Å². The van der Waals surface area contributed by atoms with Crippen molar-refractivity contribution in [2.45, 2.75) is 33.8 Å². The van der Waals surface area contributed by atoms with E-state index in [1.807, 2.05) is 49.6 Å². The van der Waals surface area contributed by atoms with Crippen LogP contribution in [0.25, 0.3) is 11.1 Å². The Bertz CT molecular complexity index is 1070. The van der Waals surface area contributed by atoms with Gasteiger partial charge < -0.3 is 14.8 Å². The molecule has 7 heteroatoms. The minimum atomic E-state index is -0.780. The molecule has 1 amide bonds. The summed E-state index contributed by atoms with van der Waals surface area (Å²) in [6.45, 7) is 7.41. The van der Waals surface area contributed by atoms with E-state index in [0.717, 1.165) is 22.3 Å². The van der Waals surface area contributed by atoms with E-state index >= 15 is 0 Å². The number of ether oxygens (including phenoxy) is 2. The van der Waals surface area contributed by atoms with Crippen LogP contribution in [0.3, 0.4) is 0 Å².